The molecule has 0 bridgehead atoms. The number of primary amides is 1. The van der Waals surface area contributed by atoms with E-state index in [0.717, 1.165) is 36.0 Å². The first-order valence-corrected chi connectivity index (χ1v) is 12.1. The molecule has 0 aromatic carbocycles. The lowest BCUT2D eigenvalue weighted by atomic mass is 9.96. The smallest absolute Gasteiger partial charge is 0.254 e. The van der Waals surface area contributed by atoms with Gasteiger partial charge in [-0.3, -0.25) is 4.79 Å². The molecule has 5 N–H and O–H groups in total. The number of carbonyl (C=O) groups excluding carboxylic acids is 1. The zero-order valence-corrected chi connectivity index (χ0v) is 20.6. The van der Waals surface area contributed by atoms with E-state index in [0.29, 0.717) is 29.9 Å². The number of nitrogens with one attached hydrogen (secondary N) is 2. The lowest BCUT2D eigenvalue weighted by Crippen LogP contribution is -2.21. The molecule has 5 heterocycles. The highest BCUT2D eigenvalue weighted by atomic mass is 16.5. The molecule has 1 aliphatic carbocycles. The minimum Gasteiger partial charge on any atom is -0.391 e. The normalized spacial score (nSPS) is 17.5. The van der Waals surface area contributed by atoms with Crippen LogP contribution < -0.4 is 11.1 Å². The summed E-state index contributed by atoms with van der Waals surface area (Å²) in [6.45, 7) is 1.37. The molecule has 6 rings (SSSR count). The summed E-state index contributed by atoms with van der Waals surface area (Å²) in [6, 6.07) is 5.69. The van der Waals surface area contributed by atoms with Gasteiger partial charge in [-0.25, -0.2) is 9.97 Å². The molecular formula is C25H33N7O4. The Kier molecular flexibility index (Phi) is 8.47. The Balaban J connectivity index is 0.000000190. The maximum atomic E-state index is 11.6. The summed E-state index contributed by atoms with van der Waals surface area (Å²) in [4.78, 5) is 23.5. The fourth-order valence-electron chi connectivity index (χ4n) is 3.95. The number of carbonyl (C=O) groups is 1. The van der Waals surface area contributed by atoms with Crippen molar-refractivity contribution in [3.05, 3.63) is 42.4 Å². The van der Waals surface area contributed by atoms with Crippen LogP contribution in [0.4, 0.5) is 5.82 Å². The zero-order chi connectivity index (χ0) is 25.5. The number of ether oxygens (including phenoxy) is 2. The van der Waals surface area contributed by atoms with Crippen molar-refractivity contribution in [1.82, 2.24) is 24.6 Å². The molecule has 1 saturated carbocycles. The van der Waals surface area contributed by atoms with Crippen molar-refractivity contribution in [2.45, 2.75) is 44.3 Å². The number of aliphatic hydroxyl groups is 1. The maximum absolute atomic E-state index is 11.6. The summed E-state index contributed by atoms with van der Waals surface area (Å²) in [7, 11) is 3.56. The predicted octanol–water partition coefficient (Wildman–Crippen LogP) is 2.76. The van der Waals surface area contributed by atoms with Crippen LogP contribution in [0, 0.1) is 0 Å². The molecule has 11 heteroatoms. The second-order valence-corrected chi connectivity index (χ2v) is 8.70. The van der Waals surface area contributed by atoms with Crippen LogP contribution in [0.15, 0.2) is 36.8 Å². The number of H-pyrrole nitrogens is 1. The Hall–Kier alpha value is -3.54. The van der Waals surface area contributed by atoms with Gasteiger partial charge in [0.25, 0.3) is 5.91 Å². The van der Waals surface area contributed by atoms with Crippen LogP contribution in [0.25, 0.3) is 27.9 Å². The van der Waals surface area contributed by atoms with E-state index in [-0.39, 0.29) is 11.7 Å². The number of rotatable bonds is 4. The van der Waals surface area contributed by atoms with Crippen LogP contribution in [0.5, 0.6) is 0 Å². The Morgan fingerprint density at radius 3 is 2.72 bits per heavy atom. The van der Waals surface area contributed by atoms with Gasteiger partial charge in [0, 0.05) is 50.2 Å². The Bertz CT molecular complexity index is 1290. The van der Waals surface area contributed by atoms with Crippen molar-refractivity contribution < 1.29 is 19.4 Å². The van der Waals surface area contributed by atoms with E-state index < -0.39 is 5.91 Å². The third kappa shape index (κ3) is 5.81. The van der Waals surface area contributed by atoms with E-state index in [1.807, 2.05) is 24.4 Å². The Morgan fingerprint density at radius 2 is 2.17 bits per heavy atom. The van der Waals surface area contributed by atoms with Crippen LogP contribution in [-0.4, -0.2) is 75.2 Å². The number of fused-ring (bicyclic) bond motifs is 2. The third-order valence-electron chi connectivity index (χ3n) is 6.24. The molecule has 36 heavy (non-hydrogen) atoms. The van der Waals surface area contributed by atoms with Gasteiger partial charge in [0.15, 0.2) is 5.65 Å². The number of anilines is 1. The number of aromatic amines is 1. The van der Waals surface area contributed by atoms with E-state index in [4.69, 9.17) is 20.3 Å². The van der Waals surface area contributed by atoms with E-state index in [1.165, 1.54) is 25.5 Å². The van der Waals surface area contributed by atoms with Crippen molar-refractivity contribution in [3.63, 3.8) is 0 Å². The van der Waals surface area contributed by atoms with Gasteiger partial charge < -0.3 is 30.6 Å². The van der Waals surface area contributed by atoms with Crippen LogP contribution >= 0.6 is 0 Å². The topological polar surface area (TPSA) is 153 Å². The molecule has 1 unspecified atom stereocenters. The maximum Gasteiger partial charge on any atom is 0.254 e. The van der Waals surface area contributed by atoms with Gasteiger partial charge in [-0.05, 0) is 44.2 Å². The van der Waals surface area contributed by atoms with E-state index in [9.17, 15) is 4.79 Å². The number of nitrogens with two attached hydrogens (primary N) is 1. The predicted molar refractivity (Wildman–Crippen MR) is 137 cm³/mol. The fourth-order valence-corrected chi connectivity index (χ4v) is 3.95. The lowest BCUT2D eigenvalue weighted by Gasteiger charge is -2.22. The number of methoxy groups -OCH3 is 1. The number of nitrogens with zero attached hydrogens (tertiary/aromatic N) is 4. The largest absolute Gasteiger partial charge is 0.391 e. The molecule has 2 aliphatic rings. The van der Waals surface area contributed by atoms with Crippen molar-refractivity contribution in [2.75, 3.05) is 32.7 Å². The van der Waals surface area contributed by atoms with Gasteiger partial charge in [0.2, 0.25) is 0 Å². The second kappa shape index (κ2) is 11.9. The third-order valence-corrected chi connectivity index (χ3v) is 6.24. The molecule has 1 aliphatic heterocycles. The summed E-state index contributed by atoms with van der Waals surface area (Å²) < 4.78 is 11.5. The Morgan fingerprint density at radius 1 is 1.33 bits per heavy atom. The number of hydrogen-bond acceptors (Lipinski definition) is 8. The first kappa shape index (κ1) is 25.5. The van der Waals surface area contributed by atoms with Crippen LogP contribution in [0.3, 0.4) is 0 Å². The van der Waals surface area contributed by atoms with Crippen molar-refractivity contribution in [2.24, 2.45) is 5.73 Å². The van der Waals surface area contributed by atoms with Gasteiger partial charge in [0.05, 0.1) is 30.7 Å². The van der Waals surface area contributed by atoms with Crippen LogP contribution in [0.1, 0.15) is 42.5 Å². The number of aromatic nitrogens is 5. The number of aliphatic hydroxyl groups excluding tert-OH is 1. The highest BCUT2D eigenvalue weighted by Crippen LogP contribution is 2.29. The fraction of sp³-hybridized carbons (Fsp3) is 0.440. The molecule has 1 amide bonds. The number of hydrogen-bond donors (Lipinski definition) is 4. The van der Waals surface area contributed by atoms with Gasteiger partial charge in [-0.1, -0.05) is 0 Å². The van der Waals surface area contributed by atoms with Gasteiger partial charge in [-0.2, -0.15) is 9.61 Å². The molecule has 4 aromatic rings. The van der Waals surface area contributed by atoms with Gasteiger partial charge in [-0.15, -0.1) is 0 Å². The summed E-state index contributed by atoms with van der Waals surface area (Å²) in [5.74, 6) is 0.142. The van der Waals surface area contributed by atoms with Crippen molar-refractivity contribution in [1.29, 1.82) is 0 Å². The molecule has 1 saturated heterocycles. The minimum absolute atomic E-state index is 0.186. The lowest BCUT2D eigenvalue weighted by molar-refractivity contribution is -0.00535. The molecule has 0 radical (unpaired) electrons. The molecule has 1 atom stereocenters. The first-order chi connectivity index (χ1) is 17.5. The average molecular weight is 496 g/mol. The Labute approximate surface area is 209 Å². The molecule has 11 nitrogen and oxygen atoms in total. The number of pyridine rings is 1. The van der Waals surface area contributed by atoms with Crippen LogP contribution in [0.2, 0.25) is 0 Å². The van der Waals surface area contributed by atoms with Crippen molar-refractivity contribution in [3.8, 4) is 11.3 Å². The molecular weight excluding hydrogens is 462 g/mol. The molecule has 2 fully saturated rings. The average Bonchev–Trinajstić information content (AvgIpc) is 3.49. The SMILES string of the molecule is CNc1cc(-c2c[nH]c3ncccc23)nc2c(C(N)=O)cnn12.COC1CCC1.OC1CCCOC1. The highest BCUT2D eigenvalue weighted by Gasteiger charge is 2.17. The van der Waals surface area contributed by atoms with Crippen molar-refractivity contribution >= 4 is 28.4 Å². The molecule has 192 valence electrons. The summed E-state index contributed by atoms with van der Waals surface area (Å²) in [5.41, 5.74) is 8.47. The van der Waals surface area contributed by atoms with Gasteiger partial charge >= 0.3 is 0 Å². The second-order valence-electron chi connectivity index (χ2n) is 8.70. The minimum atomic E-state index is -0.563. The van der Waals surface area contributed by atoms with E-state index >= 15 is 0 Å². The molecule has 0 spiro atoms. The summed E-state index contributed by atoms with van der Waals surface area (Å²) in [5, 5.41) is 17.0. The van der Waals surface area contributed by atoms with Gasteiger partial charge in [0.1, 0.15) is 17.0 Å². The number of amides is 1. The zero-order valence-electron chi connectivity index (χ0n) is 20.6. The summed E-state index contributed by atoms with van der Waals surface area (Å²) >= 11 is 0. The quantitative estimate of drug-likeness (QED) is 0.337. The van der Waals surface area contributed by atoms with Crippen LogP contribution in [-0.2, 0) is 9.47 Å². The van der Waals surface area contributed by atoms with E-state index in [2.05, 4.69) is 25.4 Å². The summed E-state index contributed by atoms with van der Waals surface area (Å²) in [6.07, 6.45) is 11.3. The first-order valence-electron chi connectivity index (χ1n) is 12.1. The highest BCUT2D eigenvalue weighted by molar-refractivity contribution is 5.99. The monoisotopic (exact) mass is 495 g/mol. The standard InChI is InChI=1S/C15H13N7O.C5H10O2.C5H10O/c1-17-12-5-11(9-6-19-14-8(9)3-2-4-18-14)21-15-10(13(16)23)7-20-22(12)15;6-5-2-1-3-7-4-5;1-6-5-3-2-4-5/h2-7,17H,1H3,(H2,16,23)(H,18,19);5-6H,1-4H2;5H,2-4H2,1H3. The van der Waals surface area contributed by atoms with E-state index in [1.54, 1.807) is 24.9 Å². The molecule has 4 aromatic heterocycles.